The van der Waals surface area contributed by atoms with Crippen LogP contribution < -0.4 is 15.8 Å². The average molecular weight is 393 g/mol. The van der Waals surface area contributed by atoms with Gasteiger partial charge in [0, 0.05) is 11.4 Å². The summed E-state index contributed by atoms with van der Waals surface area (Å²) in [7, 11) is -3.73. The van der Waals surface area contributed by atoms with Gasteiger partial charge in [-0.1, -0.05) is 6.92 Å². The van der Waals surface area contributed by atoms with Crippen LogP contribution in [0, 0.1) is 0 Å². The SMILES string of the molecule is CCCOC(=O)c1ccc(NC(=S)Nc2ccc(S(N)(=O)=O)cc2)cc1. The van der Waals surface area contributed by atoms with Gasteiger partial charge in [-0.05, 0) is 67.2 Å². The molecule has 0 aliphatic rings. The van der Waals surface area contributed by atoms with Gasteiger partial charge < -0.3 is 15.4 Å². The van der Waals surface area contributed by atoms with Crippen LogP contribution in [-0.4, -0.2) is 26.1 Å². The van der Waals surface area contributed by atoms with Gasteiger partial charge in [0.2, 0.25) is 10.0 Å². The van der Waals surface area contributed by atoms with Crippen LogP contribution in [0.15, 0.2) is 53.4 Å². The van der Waals surface area contributed by atoms with Crippen LogP contribution in [0.4, 0.5) is 11.4 Å². The fraction of sp³-hybridized carbons (Fsp3) is 0.176. The standard InChI is InChI=1S/C17H19N3O4S2/c1-2-11-24-16(21)12-3-5-13(6-4-12)19-17(25)20-14-7-9-15(10-8-14)26(18,22)23/h3-10H,2,11H2,1H3,(H2,18,22,23)(H2,19,20,25). The van der Waals surface area contributed by atoms with Crippen LogP contribution in [0.1, 0.15) is 23.7 Å². The van der Waals surface area contributed by atoms with Gasteiger partial charge in [-0.3, -0.25) is 0 Å². The summed E-state index contributed by atoms with van der Waals surface area (Å²) >= 11 is 5.21. The molecule has 2 rings (SSSR count). The number of hydrogen-bond donors (Lipinski definition) is 3. The first-order valence-corrected chi connectivity index (χ1v) is 9.73. The molecule has 0 aromatic heterocycles. The van der Waals surface area contributed by atoms with Crippen LogP contribution >= 0.6 is 12.2 Å². The van der Waals surface area contributed by atoms with E-state index < -0.39 is 10.0 Å². The largest absolute Gasteiger partial charge is 0.462 e. The quantitative estimate of drug-likeness (QED) is 0.511. The van der Waals surface area contributed by atoms with Crippen molar-refractivity contribution in [2.45, 2.75) is 18.2 Å². The Bertz CT molecular complexity index is 879. The van der Waals surface area contributed by atoms with E-state index >= 15 is 0 Å². The molecular weight excluding hydrogens is 374 g/mol. The van der Waals surface area contributed by atoms with Gasteiger partial charge in [0.15, 0.2) is 5.11 Å². The molecule has 0 radical (unpaired) electrons. The third kappa shape index (κ3) is 5.80. The molecule has 0 aliphatic carbocycles. The lowest BCUT2D eigenvalue weighted by Crippen LogP contribution is -2.19. The van der Waals surface area contributed by atoms with E-state index in [0.717, 1.165) is 6.42 Å². The van der Waals surface area contributed by atoms with Gasteiger partial charge in [-0.2, -0.15) is 0 Å². The molecule has 26 heavy (non-hydrogen) atoms. The summed E-state index contributed by atoms with van der Waals surface area (Å²) < 4.78 is 27.5. The molecule has 0 saturated heterocycles. The van der Waals surface area contributed by atoms with Gasteiger partial charge in [0.25, 0.3) is 0 Å². The van der Waals surface area contributed by atoms with Gasteiger partial charge in [-0.15, -0.1) is 0 Å². The number of thiocarbonyl (C=S) groups is 1. The maximum Gasteiger partial charge on any atom is 0.338 e. The van der Waals surface area contributed by atoms with Crippen molar-refractivity contribution in [2.75, 3.05) is 17.2 Å². The number of rotatable bonds is 6. The first-order valence-electron chi connectivity index (χ1n) is 7.77. The number of nitrogens with one attached hydrogen (secondary N) is 2. The van der Waals surface area contributed by atoms with Gasteiger partial charge >= 0.3 is 5.97 Å². The van der Waals surface area contributed by atoms with Gasteiger partial charge in [0.1, 0.15) is 0 Å². The van der Waals surface area contributed by atoms with Gasteiger partial charge in [-0.25, -0.2) is 18.4 Å². The van der Waals surface area contributed by atoms with Crippen molar-refractivity contribution in [3.05, 3.63) is 54.1 Å². The zero-order valence-corrected chi connectivity index (χ0v) is 15.7. The van der Waals surface area contributed by atoms with Crippen LogP contribution in [0.3, 0.4) is 0 Å². The van der Waals surface area contributed by atoms with Crippen molar-refractivity contribution < 1.29 is 17.9 Å². The van der Waals surface area contributed by atoms with Crippen molar-refractivity contribution in [2.24, 2.45) is 5.14 Å². The molecule has 2 aromatic rings. The number of ether oxygens (including phenoxy) is 1. The monoisotopic (exact) mass is 393 g/mol. The zero-order chi connectivity index (χ0) is 19.2. The highest BCUT2D eigenvalue weighted by Crippen LogP contribution is 2.14. The first-order chi connectivity index (χ1) is 12.3. The summed E-state index contributed by atoms with van der Waals surface area (Å²) in [5, 5.41) is 11.3. The Hall–Kier alpha value is -2.49. The smallest absolute Gasteiger partial charge is 0.338 e. The average Bonchev–Trinajstić information content (AvgIpc) is 2.60. The fourth-order valence-corrected chi connectivity index (χ4v) is 2.74. The van der Waals surface area contributed by atoms with Crippen LogP contribution in [0.2, 0.25) is 0 Å². The third-order valence-electron chi connectivity index (χ3n) is 3.26. The minimum atomic E-state index is -3.73. The van der Waals surface area contributed by atoms with Crippen LogP contribution in [0.5, 0.6) is 0 Å². The molecule has 138 valence electrons. The summed E-state index contributed by atoms with van der Waals surface area (Å²) in [6, 6.07) is 12.6. The Balaban J connectivity index is 1.94. The van der Waals surface area contributed by atoms with E-state index in [9.17, 15) is 13.2 Å². The maximum atomic E-state index is 11.7. The lowest BCUT2D eigenvalue weighted by atomic mass is 10.2. The number of anilines is 2. The van der Waals surface area contributed by atoms with Crippen LogP contribution in [-0.2, 0) is 14.8 Å². The van der Waals surface area contributed by atoms with Crippen molar-refractivity contribution in [3.63, 3.8) is 0 Å². The summed E-state index contributed by atoms with van der Waals surface area (Å²) in [6.07, 6.45) is 0.767. The van der Waals surface area contributed by atoms with Crippen molar-refractivity contribution in [1.82, 2.24) is 0 Å². The molecule has 0 spiro atoms. The van der Waals surface area contributed by atoms with E-state index in [-0.39, 0.29) is 10.9 Å². The number of carbonyl (C=O) groups is 1. The molecule has 2 aromatic carbocycles. The number of carbonyl (C=O) groups excluding carboxylic acids is 1. The molecule has 4 N–H and O–H groups in total. The third-order valence-corrected chi connectivity index (χ3v) is 4.39. The van der Waals surface area contributed by atoms with E-state index in [1.54, 1.807) is 36.4 Å². The maximum absolute atomic E-state index is 11.7. The van der Waals surface area contributed by atoms with E-state index in [2.05, 4.69) is 10.6 Å². The second kappa shape index (κ2) is 8.75. The van der Waals surface area contributed by atoms with Gasteiger partial charge in [0.05, 0.1) is 17.1 Å². The molecule has 0 amide bonds. The molecule has 0 fully saturated rings. The fourth-order valence-electron chi connectivity index (χ4n) is 1.99. The Morgan fingerprint density at radius 2 is 1.54 bits per heavy atom. The van der Waals surface area contributed by atoms with Crippen molar-refractivity contribution in [3.8, 4) is 0 Å². The second-order valence-corrected chi connectivity index (χ2v) is 7.33. The highest BCUT2D eigenvalue weighted by molar-refractivity contribution is 7.89. The Labute approximate surface area is 157 Å². The highest BCUT2D eigenvalue weighted by Gasteiger charge is 2.08. The Kier molecular flexibility index (Phi) is 6.67. The number of esters is 1. The van der Waals surface area contributed by atoms with E-state index in [1.807, 2.05) is 6.92 Å². The molecule has 0 saturated carbocycles. The second-order valence-electron chi connectivity index (χ2n) is 5.36. The van der Waals surface area contributed by atoms with E-state index in [0.29, 0.717) is 28.7 Å². The normalized spacial score (nSPS) is 10.8. The summed E-state index contributed by atoms with van der Waals surface area (Å²) in [6.45, 7) is 2.31. The zero-order valence-electron chi connectivity index (χ0n) is 14.1. The minimum absolute atomic E-state index is 0.0208. The van der Waals surface area contributed by atoms with E-state index in [1.165, 1.54) is 12.1 Å². The molecule has 9 heteroatoms. The van der Waals surface area contributed by atoms with Crippen molar-refractivity contribution in [1.29, 1.82) is 0 Å². The Morgan fingerprint density at radius 1 is 1.04 bits per heavy atom. The lowest BCUT2D eigenvalue weighted by Gasteiger charge is -2.11. The summed E-state index contributed by atoms with van der Waals surface area (Å²) in [5.74, 6) is -0.367. The van der Waals surface area contributed by atoms with E-state index in [4.69, 9.17) is 22.1 Å². The highest BCUT2D eigenvalue weighted by atomic mass is 32.2. The molecule has 0 heterocycles. The lowest BCUT2D eigenvalue weighted by molar-refractivity contribution is 0.0505. The van der Waals surface area contributed by atoms with Crippen LogP contribution in [0.25, 0.3) is 0 Å². The molecular formula is C17H19N3O4S2. The number of primary sulfonamides is 1. The minimum Gasteiger partial charge on any atom is -0.462 e. The number of sulfonamides is 1. The molecule has 0 atom stereocenters. The molecule has 0 aliphatic heterocycles. The predicted molar refractivity (Wildman–Crippen MR) is 105 cm³/mol. The first kappa shape index (κ1) is 19.8. The molecule has 7 nitrogen and oxygen atoms in total. The summed E-state index contributed by atoms with van der Waals surface area (Å²) in [5.41, 5.74) is 1.76. The molecule has 0 unspecified atom stereocenters. The Morgan fingerprint density at radius 3 is 2.00 bits per heavy atom. The predicted octanol–water partition coefficient (Wildman–Crippen LogP) is 2.71. The number of hydrogen-bond acceptors (Lipinski definition) is 5. The molecule has 0 bridgehead atoms. The van der Waals surface area contributed by atoms with Crippen molar-refractivity contribution >= 4 is 44.7 Å². The topological polar surface area (TPSA) is 111 Å². The number of nitrogens with two attached hydrogens (primary N) is 1. The number of benzene rings is 2. The summed E-state index contributed by atoms with van der Waals surface area (Å²) in [4.78, 5) is 11.8.